The molecule has 0 amide bonds. The van der Waals surface area contributed by atoms with Crippen LogP contribution in [0.1, 0.15) is 11.1 Å². The highest BCUT2D eigenvalue weighted by Crippen LogP contribution is 2.36. The van der Waals surface area contributed by atoms with Crippen LogP contribution < -0.4 is 4.74 Å². The van der Waals surface area contributed by atoms with Gasteiger partial charge in [0, 0.05) is 18.6 Å². The summed E-state index contributed by atoms with van der Waals surface area (Å²) >= 11 is 0. The maximum atomic E-state index is 12.5. The Morgan fingerprint density at radius 1 is 0.909 bits per heavy atom. The Labute approximate surface area is 188 Å². The summed E-state index contributed by atoms with van der Waals surface area (Å²) in [7, 11) is 0. The monoisotopic (exact) mass is 460 g/mol. The van der Waals surface area contributed by atoms with Gasteiger partial charge in [0.05, 0.1) is 12.2 Å². The molecule has 2 aliphatic rings. The lowest BCUT2D eigenvalue weighted by Crippen LogP contribution is -2.60. The van der Waals surface area contributed by atoms with E-state index in [0.29, 0.717) is 0 Å². The molecule has 33 heavy (non-hydrogen) atoms. The van der Waals surface area contributed by atoms with Crippen molar-refractivity contribution in [3.05, 3.63) is 59.7 Å². The number of phenols is 2. The van der Waals surface area contributed by atoms with Gasteiger partial charge in [-0.25, -0.2) is 0 Å². The van der Waals surface area contributed by atoms with Crippen LogP contribution in [0.5, 0.6) is 17.2 Å². The summed E-state index contributed by atoms with van der Waals surface area (Å²) in [5, 5.41) is 58.9. The summed E-state index contributed by atoms with van der Waals surface area (Å²) in [6.45, 7) is -0.626. The summed E-state index contributed by atoms with van der Waals surface area (Å²) in [6, 6.07) is 10.4. The molecule has 0 saturated carbocycles. The average molecular weight is 460 g/mol. The predicted molar refractivity (Wildman–Crippen MR) is 112 cm³/mol. The van der Waals surface area contributed by atoms with E-state index in [1.165, 1.54) is 36.4 Å². The lowest BCUT2D eigenvalue weighted by Gasteiger charge is -2.39. The summed E-state index contributed by atoms with van der Waals surface area (Å²) in [5.74, 6) is -0.198. The van der Waals surface area contributed by atoms with Crippen molar-refractivity contribution in [1.82, 2.24) is 0 Å². The number of phenolic OH excluding ortho intramolecular Hbond substituents is 2. The van der Waals surface area contributed by atoms with E-state index in [9.17, 15) is 35.4 Å². The quantitative estimate of drug-likeness (QED) is 0.341. The zero-order valence-corrected chi connectivity index (χ0v) is 17.3. The number of ketones is 1. The molecule has 0 radical (unpaired) electrons. The smallest absolute Gasteiger partial charge is 0.229 e. The average Bonchev–Trinajstić information content (AvgIpc) is 3.15. The molecule has 10 heteroatoms. The number of benzene rings is 2. The van der Waals surface area contributed by atoms with Gasteiger partial charge in [-0.05, 0) is 29.8 Å². The van der Waals surface area contributed by atoms with E-state index in [0.717, 1.165) is 5.56 Å². The van der Waals surface area contributed by atoms with Crippen LogP contribution in [-0.4, -0.2) is 79.8 Å². The first-order chi connectivity index (χ1) is 15.8. The van der Waals surface area contributed by atoms with Gasteiger partial charge in [-0.3, -0.25) is 4.79 Å². The van der Waals surface area contributed by atoms with E-state index in [1.807, 2.05) is 0 Å². The molecule has 0 unspecified atom stereocenters. The van der Waals surface area contributed by atoms with Crippen LogP contribution in [-0.2, 0) is 20.7 Å². The molecule has 2 aliphatic heterocycles. The molecule has 4 rings (SSSR count). The van der Waals surface area contributed by atoms with E-state index < -0.39 is 43.4 Å². The molecule has 1 fully saturated rings. The first kappa shape index (κ1) is 23.0. The van der Waals surface area contributed by atoms with Crippen LogP contribution >= 0.6 is 0 Å². The second-order valence-electron chi connectivity index (χ2n) is 7.88. The first-order valence-electron chi connectivity index (χ1n) is 10.3. The van der Waals surface area contributed by atoms with E-state index in [2.05, 4.69) is 0 Å². The molecule has 2 aromatic rings. The largest absolute Gasteiger partial charge is 0.508 e. The number of carbonyl (C=O) groups excluding carboxylic acids is 1. The van der Waals surface area contributed by atoms with Crippen LogP contribution in [0, 0.1) is 0 Å². The van der Waals surface area contributed by atoms with Gasteiger partial charge in [0.1, 0.15) is 47.4 Å². The number of aromatic hydroxyl groups is 2. The van der Waals surface area contributed by atoms with Crippen LogP contribution in [0.25, 0.3) is 5.76 Å². The molecular formula is C23H24O10. The molecule has 2 aromatic carbocycles. The third-order valence-electron chi connectivity index (χ3n) is 5.54. The Morgan fingerprint density at radius 2 is 1.61 bits per heavy atom. The van der Waals surface area contributed by atoms with Crippen LogP contribution in [0.2, 0.25) is 0 Å². The molecule has 0 bridgehead atoms. The summed E-state index contributed by atoms with van der Waals surface area (Å²) in [5.41, 5.74) is 1.07. The molecule has 10 nitrogen and oxygen atoms in total. The summed E-state index contributed by atoms with van der Waals surface area (Å²) < 4.78 is 16.9. The Kier molecular flexibility index (Phi) is 6.54. The van der Waals surface area contributed by atoms with Gasteiger partial charge < -0.3 is 44.8 Å². The van der Waals surface area contributed by atoms with E-state index in [1.54, 1.807) is 12.1 Å². The van der Waals surface area contributed by atoms with Gasteiger partial charge in [-0.2, -0.15) is 0 Å². The lowest BCUT2D eigenvalue weighted by atomic mass is 9.99. The number of aliphatic hydroxyl groups is 4. The lowest BCUT2D eigenvalue weighted by molar-refractivity contribution is -0.277. The minimum Gasteiger partial charge on any atom is -0.508 e. The number of hydrogen-bond donors (Lipinski definition) is 6. The van der Waals surface area contributed by atoms with Crippen molar-refractivity contribution in [3.63, 3.8) is 0 Å². The Bertz CT molecular complexity index is 1030. The number of aliphatic hydroxyl groups excluding tert-OH is 4. The van der Waals surface area contributed by atoms with Gasteiger partial charge >= 0.3 is 0 Å². The third-order valence-corrected chi connectivity index (χ3v) is 5.54. The molecule has 2 heterocycles. The van der Waals surface area contributed by atoms with Crippen molar-refractivity contribution in [2.75, 3.05) is 6.61 Å². The Hall–Kier alpha value is -3.15. The topological polar surface area (TPSA) is 166 Å². The molecule has 176 valence electrons. The Balaban J connectivity index is 1.54. The van der Waals surface area contributed by atoms with Crippen LogP contribution in [0.3, 0.4) is 0 Å². The highest BCUT2D eigenvalue weighted by atomic mass is 16.7. The zero-order chi connectivity index (χ0) is 23.7. The fourth-order valence-corrected chi connectivity index (χ4v) is 3.70. The van der Waals surface area contributed by atoms with Crippen molar-refractivity contribution in [1.29, 1.82) is 0 Å². The standard InChI is InChI=1S/C23H24O10/c24-10-19-20(28)21(29)22(30)23(33-19)32-16-8-13(26)5-6-14(16)17-9-15(27)18(31-17)7-11-1-3-12(25)4-2-11/h1-6,8-9,18-26,28-30H,7,10H2/t18-,19-,20-,21+,22-,23-/m1/s1. The minimum atomic E-state index is -1.65. The molecule has 6 N–H and O–H groups in total. The molecule has 0 aromatic heterocycles. The second kappa shape index (κ2) is 9.38. The van der Waals surface area contributed by atoms with Crippen molar-refractivity contribution >= 4 is 11.5 Å². The second-order valence-corrected chi connectivity index (χ2v) is 7.88. The summed E-state index contributed by atoms with van der Waals surface area (Å²) in [6.07, 6.45) is -6.75. The third kappa shape index (κ3) is 4.80. The van der Waals surface area contributed by atoms with Crippen molar-refractivity contribution in [2.24, 2.45) is 0 Å². The van der Waals surface area contributed by atoms with E-state index in [-0.39, 0.29) is 40.8 Å². The van der Waals surface area contributed by atoms with Gasteiger partial charge in [-0.1, -0.05) is 12.1 Å². The molecule has 1 saturated heterocycles. The summed E-state index contributed by atoms with van der Waals surface area (Å²) in [4.78, 5) is 12.5. The molecule has 0 aliphatic carbocycles. The highest BCUT2D eigenvalue weighted by Gasteiger charge is 2.45. The SMILES string of the molecule is O=C1C=C(c2ccc(O)cc2O[C@@H]2O[C@H](CO)[C@@H](O)[C@H](O)[C@H]2O)O[C@@H]1Cc1ccc(O)cc1. The minimum absolute atomic E-state index is 0.0105. The normalized spacial score (nSPS) is 29.5. The van der Waals surface area contributed by atoms with Crippen molar-refractivity contribution < 1.29 is 49.6 Å². The van der Waals surface area contributed by atoms with E-state index >= 15 is 0 Å². The van der Waals surface area contributed by atoms with Gasteiger partial charge in [0.15, 0.2) is 11.9 Å². The fourth-order valence-electron chi connectivity index (χ4n) is 3.70. The van der Waals surface area contributed by atoms with Crippen LogP contribution in [0.4, 0.5) is 0 Å². The van der Waals surface area contributed by atoms with Gasteiger partial charge in [0.2, 0.25) is 6.29 Å². The number of hydrogen-bond acceptors (Lipinski definition) is 10. The molecule has 6 atom stereocenters. The maximum absolute atomic E-state index is 12.5. The highest BCUT2D eigenvalue weighted by molar-refractivity contribution is 6.03. The van der Waals surface area contributed by atoms with Gasteiger partial charge in [0.25, 0.3) is 0 Å². The van der Waals surface area contributed by atoms with E-state index in [4.69, 9.17) is 14.2 Å². The van der Waals surface area contributed by atoms with Crippen molar-refractivity contribution in [2.45, 2.75) is 43.2 Å². The molecular weight excluding hydrogens is 436 g/mol. The van der Waals surface area contributed by atoms with Gasteiger partial charge in [-0.15, -0.1) is 0 Å². The zero-order valence-electron chi connectivity index (χ0n) is 17.3. The number of ether oxygens (including phenoxy) is 3. The predicted octanol–water partition coefficient (Wildman–Crippen LogP) is -0.172. The number of rotatable bonds is 6. The maximum Gasteiger partial charge on any atom is 0.229 e. The fraction of sp³-hybridized carbons (Fsp3) is 0.348. The first-order valence-corrected chi connectivity index (χ1v) is 10.3. The Morgan fingerprint density at radius 3 is 2.30 bits per heavy atom. The molecule has 0 spiro atoms. The van der Waals surface area contributed by atoms with Crippen LogP contribution in [0.15, 0.2) is 48.5 Å². The van der Waals surface area contributed by atoms with Crippen molar-refractivity contribution in [3.8, 4) is 17.2 Å². The number of carbonyl (C=O) groups is 1.